The van der Waals surface area contributed by atoms with Crippen molar-refractivity contribution < 1.29 is 5.11 Å². The van der Waals surface area contributed by atoms with E-state index in [1.807, 2.05) is 12.1 Å². The van der Waals surface area contributed by atoms with E-state index in [0.717, 1.165) is 12.3 Å². The van der Waals surface area contributed by atoms with Crippen LogP contribution in [0.2, 0.25) is 0 Å². The van der Waals surface area contributed by atoms with E-state index in [4.69, 9.17) is 0 Å². The molecule has 2 N–H and O–H groups in total. The molecule has 1 aliphatic rings. The summed E-state index contributed by atoms with van der Waals surface area (Å²) in [7, 11) is 2.25. The molecule has 0 bridgehead atoms. The van der Waals surface area contributed by atoms with Gasteiger partial charge in [-0.3, -0.25) is 0 Å². The van der Waals surface area contributed by atoms with Gasteiger partial charge in [0, 0.05) is 12.6 Å². The molecule has 2 rings (SSSR count). The molecule has 3 heteroatoms. The average molecular weight is 276 g/mol. The van der Waals surface area contributed by atoms with Crippen LogP contribution >= 0.6 is 0 Å². The van der Waals surface area contributed by atoms with Crippen molar-refractivity contribution >= 4 is 0 Å². The molecule has 3 nitrogen and oxygen atoms in total. The highest BCUT2D eigenvalue weighted by atomic mass is 16.3. The fraction of sp³-hybridized carbons (Fsp3) is 0.647. The number of aromatic hydroxyl groups is 1. The van der Waals surface area contributed by atoms with Gasteiger partial charge in [0.15, 0.2) is 0 Å². The molecule has 1 aliphatic heterocycles. The number of aryl methyl sites for hydroxylation is 1. The fourth-order valence-electron chi connectivity index (χ4n) is 2.91. The van der Waals surface area contributed by atoms with Gasteiger partial charge in [0.05, 0.1) is 0 Å². The van der Waals surface area contributed by atoms with Crippen LogP contribution in [0.4, 0.5) is 0 Å². The van der Waals surface area contributed by atoms with E-state index in [9.17, 15) is 5.11 Å². The predicted molar refractivity (Wildman–Crippen MR) is 84.1 cm³/mol. The Kier molecular flexibility index (Phi) is 5.86. The third-order valence-electron chi connectivity index (χ3n) is 4.54. The number of piperidine rings is 1. The smallest absolute Gasteiger partial charge is 0.115 e. The summed E-state index contributed by atoms with van der Waals surface area (Å²) in [4.78, 5) is 2.51. The molecule has 1 aromatic carbocycles. The molecule has 1 atom stereocenters. The van der Waals surface area contributed by atoms with Gasteiger partial charge in [-0.15, -0.1) is 0 Å². The van der Waals surface area contributed by atoms with Crippen LogP contribution in [0.15, 0.2) is 24.3 Å². The van der Waals surface area contributed by atoms with Crippen LogP contribution < -0.4 is 5.32 Å². The zero-order chi connectivity index (χ0) is 14.4. The second kappa shape index (κ2) is 7.65. The van der Waals surface area contributed by atoms with E-state index < -0.39 is 0 Å². The number of hydrogen-bond acceptors (Lipinski definition) is 3. The minimum absolute atomic E-state index is 0.352. The second-order valence-electron chi connectivity index (χ2n) is 6.19. The Morgan fingerprint density at radius 2 is 1.90 bits per heavy atom. The third kappa shape index (κ3) is 4.80. The molecule has 0 amide bonds. The van der Waals surface area contributed by atoms with Crippen LogP contribution in [-0.4, -0.2) is 42.7 Å². The molecule has 1 saturated heterocycles. The van der Waals surface area contributed by atoms with E-state index in [0.29, 0.717) is 11.8 Å². The summed E-state index contributed by atoms with van der Waals surface area (Å²) in [5.74, 6) is 1.21. The van der Waals surface area contributed by atoms with Crippen LogP contribution in [0.5, 0.6) is 5.75 Å². The van der Waals surface area contributed by atoms with Crippen molar-refractivity contribution in [2.75, 3.05) is 26.7 Å². The maximum absolute atomic E-state index is 9.29. The number of hydrogen-bond donors (Lipinski definition) is 2. The van der Waals surface area contributed by atoms with Gasteiger partial charge in [-0.2, -0.15) is 0 Å². The molecule has 0 aliphatic carbocycles. The van der Waals surface area contributed by atoms with Gasteiger partial charge in [0.25, 0.3) is 0 Å². The van der Waals surface area contributed by atoms with Gasteiger partial charge in [-0.1, -0.05) is 12.1 Å². The predicted octanol–water partition coefficient (Wildman–Crippen LogP) is 2.64. The first-order chi connectivity index (χ1) is 9.65. The first-order valence-corrected chi connectivity index (χ1v) is 7.84. The van der Waals surface area contributed by atoms with Crippen molar-refractivity contribution in [3.8, 4) is 5.75 Å². The van der Waals surface area contributed by atoms with E-state index in [1.165, 1.54) is 44.5 Å². The SMILES string of the molecule is CC(CCc1ccc(O)cc1)N(C)CC1CCNCC1. The molecule has 1 fully saturated rings. The van der Waals surface area contributed by atoms with Crippen molar-refractivity contribution in [3.05, 3.63) is 29.8 Å². The molecule has 20 heavy (non-hydrogen) atoms. The van der Waals surface area contributed by atoms with Gasteiger partial charge in [0.1, 0.15) is 5.75 Å². The summed E-state index contributed by atoms with van der Waals surface area (Å²) in [6.07, 6.45) is 4.88. The topological polar surface area (TPSA) is 35.5 Å². The third-order valence-corrected chi connectivity index (χ3v) is 4.54. The highest BCUT2D eigenvalue weighted by Crippen LogP contribution is 2.17. The van der Waals surface area contributed by atoms with E-state index in [-0.39, 0.29) is 0 Å². The molecule has 1 heterocycles. The lowest BCUT2D eigenvalue weighted by Gasteiger charge is -2.31. The summed E-state index contributed by atoms with van der Waals surface area (Å²) in [5, 5.41) is 12.7. The Hall–Kier alpha value is -1.06. The van der Waals surface area contributed by atoms with E-state index >= 15 is 0 Å². The lowest BCUT2D eigenvalue weighted by Crippen LogP contribution is -2.38. The highest BCUT2D eigenvalue weighted by Gasteiger charge is 2.17. The highest BCUT2D eigenvalue weighted by molar-refractivity contribution is 5.25. The van der Waals surface area contributed by atoms with Gasteiger partial charge in [-0.05, 0) is 76.4 Å². The zero-order valence-electron chi connectivity index (χ0n) is 12.8. The molecular weight excluding hydrogens is 248 g/mol. The standard InChI is InChI=1S/C17H28N2O/c1-14(3-4-15-5-7-17(20)8-6-15)19(2)13-16-9-11-18-12-10-16/h5-8,14,16,18,20H,3-4,9-13H2,1-2H3. The number of benzene rings is 1. The molecule has 1 aromatic rings. The van der Waals surface area contributed by atoms with Crippen LogP contribution in [0.1, 0.15) is 31.7 Å². The molecular formula is C17H28N2O. The van der Waals surface area contributed by atoms with Crippen molar-refractivity contribution in [1.29, 1.82) is 0 Å². The fourth-order valence-corrected chi connectivity index (χ4v) is 2.91. The lowest BCUT2D eigenvalue weighted by molar-refractivity contribution is 0.189. The van der Waals surface area contributed by atoms with Crippen LogP contribution in [0.3, 0.4) is 0 Å². The Bertz CT molecular complexity index is 384. The quantitative estimate of drug-likeness (QED) is 0.838. The largest absolute Gasteiger partial charge is 0.508 e. The van der Waals surface area contributed by atoms with Gasteiger partial charge in [0.2, 0.25) is 0 Å². The minimum atomic E-state index is 0.352. The van der Waals surface area contributed by atoms with Crippen molar-refractivity contribution in [1.82, 2.24) is 10.2 Å². The summed E-state index contributed by atoms with van der Waals surface area (Å²) in [6, 6.07) is 8.21. The molecule has 0 radical (unpaired) electrons. The Morgan fingerprint density at radius 3 is 2.55 bits per heavy atom. The lowest BCUT2D eigenvalue weighted by atomic mass is 9.96. The van der Waals surface area contributed by atoms with Crippen LogP contribution in [0, 0.1) is 5.92 Å². The van der Waals surface area contributed by atoms with Crippen molar-refractivity contribution in [2.24, 2.45) is 5.92 Å². The minimum Gasteiger partial charge on any atom is -0.508 e. The van der Waals surface area contributed by atoms with Crippen LogP contribution in [0.25, 0.3) is 0 Å². The molecule has 0 saturated carbocycles. The molecule has 1 unspecified atom stereocenters. The summed E-state index contributed by atoms with van der Waals surface area (Å²) in [6.45, 7) is 5.90. The molecule has 112 valence electrons. The summed E-state index contributed by atoms with van der Waals surface area (Å²) < 4.78 is 0. The average Bonchev–Trinajstić information content (AvgIpc) is 2.47. The first-order valence-electron chi connectivity index (χ1n) is 7.84. The number of nitrogens with one attached hydrogen (secondary N) is 1. The number of nitrogens with zero attached hydrogens (tertiary/aromatic N) is 1. The maximum atomic E-state index is 9.29. The normalized spacial score (nSPS) is 18.4. The molecule has 0 aromatic heterocycles. The van der Waals surface area contributed by atoms with Crippen molar-refractivity contribution in [3.63, 3.8) is 0 Å². The maximum Gasteiger partial charge on any atom is 0.115 e. The Labute approximate surface area is 123 Å². The van der Waals surface area contributed by atoms with Gasteiger partial charge >= 0.3 is 0 Å². The number of phenols is 1. The first kappa shape index (κ1) is 15.3. The monoisotopic (exact) mass is 276 g/mol. The Balaban J connectivity index is 1.72. The van der Waals surface area contributed by atoms with Crippen LogP contribution in [-0.2, 0) is 6.42 Å². The number of rotatable bonds is 6. The number of phenolic OH excluding ortho intramolecular Hbond substituents is 1. The zero-order valence-corrected chi connectivity index (χ0v) is 12.8. The van der Waals surface area contributed by atoms with E-state index in [1.54, 1.807) is 12.1 Å². The van der Waals surface area contributed by atoms with Gasteiger partial charge < -0.3 is 15.3 Å². The Morgan fingerprint density at radius 1 is 1.25 bits per heavy atom. The van der Waals surface area contributed by atoms with Gasteiger partial charge in [-0.25, -0.2) is 0 Å². The molecule has 0 spiro atoms. The van der Waals surface area contributed by atoms with Crippen molar-refractivity contribution in [2.45, 2.75) is 38.6 Å². The summed E-state index contributed by atoms with van der Waals surface area (Å²) in [5.41, 5.74) is 1.31. The van der Waals surface area contributed by atoms with E-state index in [2.05, 4.69) is 24.2 Å². The summed E-state index contributed by atoms with van der Waals surface area (Å²) >= 11 is 0. The second-order valence-corrected chi connectivity index (χ2v) is 6.19.